The lowest BCUT2D eigenvalue weighted by atomic mass is 9.94. The third-order valence-electron chi connectivity index (χ3n) is 2.51. The fourth-order valence-corrected chi connectivity index (χ4v) is 2.12. The summed E-state index contributed by atoms with van der Waals surface area (Å²) in [6.07, 6.45) is 0.186. The van der Waals surface area contributed by atoms with Gasteiger partial charge in [-0.15, -0.1) is 0 Å². The van der Waals surface area contributed by atoms with Gasteiger partial charge in [-0.1, -0.05) is 22.9 Å². The predicted octanol–water partition coefficient (Wildman–Crippen LogP) is 1.18. The lowest BCUT2D eigenvalue weighted by Crippen LogP contribution is -2.58. The number of halogens is 1. The van der Waals surface area contributed by atoms with Crippen LogP contribution in [0.1, 0.15) is 20.3 Å². The number of amides is 1. The summed E-state index contributed by atoms with van der Waals surface area (Å²) in [5.41, 5.74) is -1.64. The molecule has 1 rings (SSSR count). The van der Waals surface area contributed by atoms with Crippen LogP contribution in [0.15, 0.2) is 10.2 Å². The van der Waals surface area contributed by atoms with E-state index in [9.17, 15) is 9.59 Å². The maximum Gasteiger partial charge on any atom is 0.372 e. The van der Waals surface area contributed by atoms with E-state index in [-0.39, 0.29) is 18.1 Å². The van der Waals surface area contributed by atoms with Crippen molar-refractivity contribution in [3.8, 4) is 6.07 Å². The Morgan fingerprint density at radius 3 is 2.72 bits per heavy atom. The summed E-state index contributed by atoms with van der Waals surface area (Å²) in [5.74, 6) is -1.37. The molecule has 0 fully saturated rings. The number of hydrogen-bond donors (Lipinski definition) is 1. The first kappa shape index (κ1) is 14.5. The average Bonchev–Trinajstić information content (AvgIpc) is 2.31. The van der Waals surface area contributed by atoms with Gasteiger partial charge >= 0.3 is 5.97 Å². The highest BCUT2D eigenvalue weighted by molar-refractivity contribution is 9.11. The molecular weight excluding hydrogens is 304 g/mol. The van der Waals surface area contributed by atoms with Gasteiger partial charge in [-0.25, -0.2) is 4.79 Å². The molecule has 6 nitrogen and oxygen atoms in total. The summed E-state index contributed by atoms with van der Waals surface area (Å²) in [6, 6.07) is 1.84. The molecule has 2 unspecified atom stereocenters. The summed E-state index contributed by atoms with van der Waals surface area (Å²) in [4.78, 5) is 23.0. The van der Waals surface area contributed by atoms with E-state index >= 15 is 0 Å². The first-order valence-electron chi connectivity index (χ1n) is 5.22. The molecule has 18 heavy (non-hydrogen) atoms. The van der Waals surface area contributed by atoms with E-state index in [4.69, 9.17) is 10.00 Å². The normalized spacial score (nSPS) is 26.9. The minimum atomic E-state index is -1.64. The Morgan fingerprint density at radius 1 is 1.67 bits per heavy atom. The first-order chi connectivity index (χ1) is 8.36. The Hall–Kier alpha value is -1.55. The van der Waals surface area contributed by atoms with Gasteiger partial charge in [0.1, 0.15) is 6.07 Å². The molecule has 1 N–H and O–H groups in total. The Bertz CT molecular complexity index is 454. The number of carbonyl (C=O) groups is 2. The third kappa shape index (κ3) is 2.64. The summed E-state index contributed by atoms with van der Waals surface area (Å²) >= 11 is 3.24. The van der Waals surface area contributed by atoms with E-state index in [2.05, 4.69) is 26.0 Å². The van der Waals surface area contributed by atoms with E-state index in [0.717, 1.165) is 0 Å². The van der Waals surface area contributed by atoms with Gasteiger partial charge in [-0.05, 0) is 5.92 Å². The molecule has 2 atom stereocenters. The molecular formula is C11H13BrN2O4. The smallest absolute Gasteiger partial charge is 0.372 e. The van der Waals surface area contributed by atoms with E-state index < -0.39 is 17.6 Å². The quantitative estimate of drug-likeness (QED) is 0.773. The number of carbonyl (C=O) groups excluding carboxylic acids is 2. The van der Waals surface area contributed by atoms with Gasteiger partial charge < -0.3 is 14.8 Å². The van der Waals surface area contributed by atoms with Crippen LogP contribution < -0.4 is 5.32 Å². The molecule has 0 saturated carbocycles. The van der Waals surface area contributed by atoms with Crippen molar-refractivity contribution in [2.24, 2.45) is 5.92 Å². The number of methoxy groups -OCH3 is 1. The predicted molar refractivity (Wildman–Crippen MR) is 65.0 cm³/mol. The minimum absolute atomic E-state index is 0.0344. The Balaban J connectivity index is 3.20. The maximum absolute atomic E-state index is 11.8. The Kier molecular flexibility index (Phi) is 4.35. The van der Waals surface area contributed by atoms with E-state index in [0.29, 0.717) is 4.48 Å². The molecule has 0 bridgehead atoms. The molecule has 0 aliphatic carbocycles. The van der Waals surface area contributed by atoms with Crippen molar-refractivity contribution in [1.29, 1.82) is 5.26 Å². The molecule has 7 heteroatoms. The van der Waals surface area contributed by atoms with Crippen molar-refractivity contribution in [3.05, 3.63) is 10.2 Å². The molecule has 0 aromatic heterocycles. The molecule has 0 saturated heterocycles. The second-order valence-electron chi connectivity index (χ2n) is 4.00. The van der Waals surface area contributed by atoms with Gasteiger partial charge in [0.15, 0.2) is 0 Å². The highest BCUT2D eigenvalue weighted by atomic mass is 79.9. The van der Waals surface area contributed by atoms with Gasteiger partial charge in [-0.2, -0.15) is 5.26 Å². The molecule has 0 spiro atoms. The summed E-state index contributed by atoms with van der Waals surface area (Å²) < 4.78 is 10.5. The largest absolute Gasteiger partial charge is 0.465 e. The zero-order chi connectivity index (χ0) is 13.9. The summed E-state index contributed by atoms with van der Waals surface area (Å²) in [7, 11) is 1.19. The van der Waals surface area contributed by atoms with Crippen LogP contribution in [0.25, 0.3) is 0 Å². The molecule has 0 radical (unpaired) electrons. The van der Waals surface area contributed by atoms with Crippen LogP contribution in [0, 0.1) is 17.2 Å². The fourth-order valence-electron chi connectivity index (χ4n) is 1.79. The van der Waals surface area contributed by atoms with E-state index in [1.165, 1.54) is 14.0 Å². The number of rotatable bonds is 2. The van der Waals surface area contributed by atoms with Gasteiger partial charge in [0.05, 0.1) is 11.6 Å². The molecule has 1 aliphatic heterocycles. The van der Waals surface area contributed by atoms with Crippen molar-refractivity contribution in [1.82, 2.24) is 5.32 Å². The molecule has 1 amide bonds. The van der Waals surface area contributed by atoms with Crippen LogP contribution in [-0.2, 0) is 19.1 Å². The lowest BCUT2D eigenvalue weighted by Gasteiger charge is -2.37. The Labute approximate surface area is 113 Å². The van der Waals surface area contributed by atoms with Crippen LogP contribution in [-0.4, -0.2) is 24.7 Å². The van der Waals surface area contributed by atoms with Gasteiger partial charge in [0.25, 0.3) is 5.72 Å². The van der Waals surface area contributed by atoms with Gasteiger partial charge in [0.2, 0.25) is 11.7 Å². The number of nitriles is 1. The van der Waals surface area contributed by atoms with E-state index in [1.54, 1.807) is 0 Å². The third-order valence-corrected chi connectivity index (χ3v) is 3.66. The second kappa shape index (κ2) is 5.40. The molecule has 1 aliphatic rings. The van der Waals surface area contributed by atoms with Crippen LogP contribution in [0.5, 0.6) is 0 Å². The van der Waals surface area contributed by atoms with Crippen LogP contribution >= 0.6 is 15.9 Å². The summed E-state index contributed by atoms with van der Waals surface area (Å²) in [6.45, 7) is 3.07. The fraction of sp³-hybridized carbons (Fsp3) is 0.545. The minimum Gasteiger partial charge on any atom is -0.465 e. The number of nitrogens with zero attached hydrogens (tertiary/aromatic N) is 1. The second-order valence-corrected chi connectivity index (χ2v) is 4.85. The standard InChI is InChI=1S/C11H13BrN2O4/c1-6-4-11(10(16)17-3,14-7(2)15)18-8(5-13)9(6)12/h6H,4H2,1-3H3,(H,14,15). The molecule has 0 aromatic rings. The van der Waals surface area contributed by atoms with Crippen molar-refractivity contribution in [3.63, 3.8) is 0 Å². The maximum atomic E-state index is 11.8. The molecule has 98 valence electrons. The number of allylic oxidation sites excluding steroid dienone is 2. The molecule has 1 heterocycles. The van der Waals surface area contributed by atoms with Gasteiger partial charge in [-0.3, -0.25) is 4.79 Å². The average molecular weight is 317 g/mol. The number of hydrogen-bond acceptors (Lipinski definition) is 5. The van der Waals surface area contributed by atoms with Crippen LogP contribution in [0.3, 0.4) is 0 Å². The van der Waals surface area contributed by atoms with Gasteiger partial charge in [0, 0.05) is 13.3 Å². The van der Waals surface area contributed by atoms with Crippen molar-refractivity contribution in [2.75, 3.05) is 7.11 Å². The Morgan fingerprint density at radius 2 is 2.28 bits per heavy atom. The highest BCUT2D eigenvalue weighted by Gasteiger charge is 2.48. The number of esters is 1. The lowest BCUT2D eigenvalue weighted by molar-refractivity contribution is -0.174. The summed E-state index contributed by atoms with van der Waals surface area (Å²) in [5, 5.41) is 11.4. The van der Waals surface area contributed by atoms with Crippen molar-refractivity contribution < 1.29 is 19.1 Å². The topological polar surface area (TPSA) is 88.4 Å². The SMILES string of the molecule is COC(=O)C1(NC(C)=O)CC(C)C(Br)=C(C#N)O1. The number of ether oxygens (including phenoxy) is 2. The van der Waals surface area contributed by atoms with Crippen molar-refractivity contribution in [2.45, 2.75) is 26.0 Å². The van der Waals surface area contributed by atoms with E-state index in [1.807, 2.05) is 13.0 Å². The monoisotopic (exact) mass is 316 g/mol. The van der Waals surface area contributed by atoms with Crippen molar-refractivity contribution >= 4 is 27.8 Å². The zero-order valence-corrected chi connectivity index (χ0v) is 11.8. The van der Waals surface area contributed by atoms with Crippen LogP contribution in [0.2, 0.25) is 0 Å². The number of nitrogens with one attached hydrogen (secondary N) is 1. The molecule has 0 aromatic carbocycles. The highest BCUT2D eigenvalue weighted by Crippen LogP contribution is 2.37. The zero-order valence-electron chi connectivity index (χ0n) is 10.2. The first-order valence-corrected chi connectivity index (χ1v) is 6.01. The van der Waals surface area contributed by atoms with Crippen LogP contribution in [0.4, 0.5) is 0 Å².